The molecule has 1 unspecified atom stereocenters. The molecule has 1 aliphatic rings. The summed E-state index contributed by atoms with van der Waals surface area (Å²) in [5.41, 5.74) is -1.62. The van der Waals surface area contributed by atoms with Crippen LogP contribution in [0.15, 0.2) is 18.2 Å². The Morgan fingerprint density at radius 1 is 1.43 bits per heavy atom. The lowest BCUT2D eigenvalue weighted by atomic mass is 10.0. The number of nitrogens with one attached hydrogen (secondary N) is 1. The van der Waals surface area contributed by atoms with Gasteiger partial charge in [-0.3, -0.25) is 0 Å². The zero-order chi connectivity index (χ0) is 15.5. The molecule has 1 aromatic rings. The first-order valence-electron chi connectivity index (χ1n) is 6.64. The second-order valence-electron chi connectivity index (χ2n) is 5.03. The van der Waals surface area contributed by atoms with E-state index >= 15 is 0 Å². The number of rotatable bonds is 4. The number of anilines is 1. The third-order valence-corrected chi connectivity index (χ3v) is 3.40. The number of carboxylic acid groups (broad SMARTS) is 1. The predicted octanol–water partition coefficient (Wildman–Crippen LogP) is 3.24. The zero-order valence-electron chi connectivity index (χ0n) is 11.2. The average Bonchev–Trinajstić information content (AvgIpc) is 2.45. The van der Waals surface area contributed by atoms with Crippen LogP contribution in [0.2, 0.25) is 0 Å². The molecule has 1 saturated heterocycles. The third-order valence-electron chi connectivity index (χ3n) is 3.40. The number of hydrogen-bond acceptors (Lipinski definition) is 3. The maximum atomic E-state index is 12.9. The molecule has 1 aliphatic heterocycles. The number of aromatic carboxylic acids is 1. The van der Waals surface area contributed by atoms with E-state index in [1.807, 2.05) is 0 Å². The number of carbonyl (C=O) groups is 1. The summed E-state index contributed by atoms with van der Waals surface area (Å²) >= 11 is 0. The van der Waals surface area contributed by atoms with Gasteiger partial charge in [0.25, 0.3) is 0 Å². The molecule has 0 saturated carbocycles. The minimum Gasteiger partial charge on any atom is -0.478 e. The minimum atomic E-state index is -4.70. The monoisotopic (exact) mass is 303 g/mol. The van der Waals surface area contributed by atoms with Crippen LogP contribution in [-0.2, 0) is 10.9 Å². The molecule has 0 amide bonds. The molecule has 4 nitrogen and oxygen atoms in total. The van der Waals surface area contributed by atoms with Crippen molar-refractivity contribution in [1.29, 1.82) is 0 Å². The van der Waals surface area contributed by atoms with Gasteiger partial charge in [-0.25, -0.2) is 4.79 Å². The molecule has 1 atom stereocenters. The molecule has 2 N–H and O–H groups in total. The second-order valence-corrected chi connectivity index (χ2v) is 5.03. The van der Waals surface area contributed by atoms with Crippen LogP contribution in [-0.4, -0.2) is 30.8 Å². The first-order valence-corrected chi connectivity index (χ1v) is 6.64. The molecule has 0 spiro atoms. The smallest absolute Gasteiger partial charge is 0.417 e. The van der Waals surface area contributed by atoms with Crippen LogP contribution >= 0.6 is 0 Å². The largest absolute Gasteiger partial charge is 0.478 e. The fourth-order valence-electron chi connectivity index (χ4n) is 2.31. The van der Waals surface area contributed by atoms with Crippen LogP contribution in [0.25, 0.3) is 0 Å². The Morgan fingerprint density at radius 3 is 2.76 bits per heavy atom. The Balaban J connectivity index is 2.11. The number of hydrogen-bond donors (Lipinski definition) is 2. The Hall–Kier alpha value is -1.76. The quantitative estimate of drug-likeness (QED) is 0.896. The number of alkyl halides is 3. The maximum Gasteiger partial charge on any atom is 0.417 e. The Morgan fingerprint density at radius 2 is 2.19 bits per heavy atom. The SMILES string of the molecule is O=C(O)c1ccc(NCC2CCCOC2)cc1C(F)(F)F. The van der Waals surface area contributed by atoms with Crippen LogP contribution in [0.5, 0.6) is 0 Å². The summed E-state index contributed by atoms with van der Waals surface area (Å²) in [5.74, 6) is -1.33. The Bertz CT molecular complexity index is 511. The summed E-state index contributed by atoms with van der Waals surface area (Å²) < 4.78 is 43.9. The van der Waals surface area contributed by atoms with Crippen LogP contribution in [0.1, 0.15) is 28.8 Å². The summed E-state index contributed by atoms with van der Waals surface area (Å²) in [5, 5.41) is 11.7. The van der Waals surface area contributed by atoms with Gasteiger partial charge in [-0.2, -0.15) is 13.2 Å². The number of halogens is 3. The summed E-state index contributed by atoms with van der Waals surface area (Å²) in [6, 6.07) is 3.17. The van der Waals surface area contributed by atoms with Crippen molar-refractivity contribution in [3.05, 3.63) is 29.3 Å². The third kappa shape index (κ3) is 4.10. The fraction of sp³-hybridized carbons (Fsp3) is 0.500. The first kappa shape index (κ1) is 15.6. The summed E-state index contributed by atoms with van der Waals surface area (Å²) in [7, 11) is 0. The van der Waals surface area contributed by atoms with Gasteiger partial charge in [0.1, 0.15) is 0 Å². The molecule has 7 heteroatoms. The predicted molar refractivity (Wildman–Crippen MR) is 70.4 cm³/mol. The molecule has 21 heavy (non-hydrogen) atoms. The summed E-state index contributed by atoms with van der Waals surface area (Å²) in [6.07, 6.45) is -2.79. The van der Waals surface area contributed by atoms with Crippen molar-refractivity contribution >= 4 is 11.7 Å². The normalized spacial score (nSPS) is 19.3. The van der Waals surface area contributed by atoms with Crippen molar-refractivity contribution in [2.24, 2.45) is 5.92 Å². The average molecular weight is 303 g/mol. The van der Waals surface area contributed by atoms with E-state index in [4.69, 9.17) is 9.84 Å². The van der Waals surface area contributed by atoms with E-state index in [9.17, 15) is 18.0 Å². The number of carboxylic acids is 1. The highest BCUT2D eigenvalue weighted by atomic mass is 19.4. The Labute approximate surface area is 119 Å². The number of benzene rings is 1. The van der Waals surface area contributed by atoms with Gasteiger partial charge in [-0.1, -0.05) is 0 Å². The lowest BCUT2D eigenvalue weighted by molar-refractivity contribution is -0.138. The summed E-state index contributed by atoms with van der Waals surface area (Å²) in [4.78, 5) is 10.8. The highest BCUT2D eigenvalue weighted by Gasteiger charge is 2.35. The molecular weight excluding hydrogens is 287 g/mol. The van der Waals surface area contributed by atoms with Crippen LogP contribution in [0, 0.1) is 5.92 Å². The second kappa shape index (κ2) is 6.34. The Kier molecular flexibility index (Phi) is 4.72. The van der Waals surface area contributed by atoms with Crippen molar-refractivity contribution in [3.63, 3.8) is 0 Å². The van der Waals surface area contributed by atoms with Gasteiger partial charge >= 0.3 is 12.1 Å². The van der Waals surface area contributed by atoms with E-state index in [0.29, 0.717) is 13.2 Å². The number of ether oxygens (including phenoxy) is 1. The van der Waals surface area contributed by atoms with Crippen LogP contribution in [0.3, 0.4) is 0 Å². The minimum absolute atomic E-state index is 0.257. The molecule has 0 aliphatic carbocycles. The van der Waals surface area contributed by atoms with Gasteiger partial charge < -0.3 is 15.2 Å². The lowest BCUT2D eigenvalue weighted by Crippen LogP contribution is -2.24. The zero-order valence-corrected chi connectivity index (χ0v) is 11.2. The molecule has 0 bridgehead atoms. The molecule has 0 radical (unpaired) electrons. The van der Waals surface area contributed by atoms with E-state index < -0.39 is 23.3 Å². The van der Waals surface area contributed by atoms with Crippen LogP contribution < -0.4 is 5.32 Å². The van der Waals surface area contributed by atoms with Crippen molar-refractivity contribution in [3.8, 4) is 0 Å². The van der Waals surface area contributed by atoms with Gasteiger partial charge in [0, 0.05) is 18.8 Å². The highest BCUT2D eigenvalue weighted by molar-refractivity contribution is 5.90. The standard InChI is InChI=1S/C14H16F3NO3/c15-14(16,17)12-6-10(3-4-11(12)13(19)20)18-7-9-2-1-5-21-8-9/h3-4,6,9,18H,1-2,5,7-8H2,(H,19,20). The first-order chi connectivity index (χ1) is 9.88. The van der Waals surface area contributed by atoms with Gasteiger partial charge in [0.2, 0.25) is 0 Å². The van der Waals surface area contributed by atoms with E-state index in [1.54, 1.807) is 0 Å². The van der Waals surface area contributed by atoms with Crippen molar-refractivity contribution in [1.82, 2.24) is 0 Å². The van der Waals surface area contributed by atoms with Gasteiger partial charge in [0.15, 0.2) is 0 Å². The van der Waals surface area contributed by atoms with Gasteiger partial charge in [-0.15, -0.1) is 0 Å². The molecule has 1 heterocycles. The van der Waals surface area contributed by atoms with E-state index in [-0.39, 0.29) is 11.6 Å². The van der Waals surface area contributed by atoms with Gasteiger partial charge in [-0.05, 0) is 37.0 Å². The van der Waals surface area contributed by atoms with Crippen molar-refractivity contribution < 1.29 is 27.8 Å². The van der Waals surface area contributed by atoms with Crippen molar-refractivity contribution in [2.75, 3.05) is 25.1 Å². The molecule has 2 rings (SSSR count). The lowest BCUT2D eigenvalue weighted by Gasteiger charge is -2.23. The highest BCUT2D eigenvalue weighted by Crippen LogP contribution is 2.34. The van der Waals surface area contributed by atoms with Gasteiger partial charge in [0.05, 0.1) is 17.7 Å². The molecule has 116 valence electrons. The maximum absolute atomic E-state index is 12.9. The molecule has 1 fully saturated rings. The van der Waals surface area contributed by atoms with E-state index in [1.165, 1.54) is 6.07 Å². The molecular formula is C14H16F3NO3. The summed E-state index contributed by atoms with van der Waals surface area (Å²) in [6.45, 7) is 1.82. The van der Waals surface area contributed by atoms with E-state index in [2.05, 4.69) is 5.32 Å². The fourth-order valence-corrected chi connectivity index (χ4v) is 2.31. The van der Waals surface area contributed by atoms with Crippen molar-refractivity contribution in [2.45, 2.75) is 19.0 Å². The van der Waals surface area contributed by atoms with E-state index in [0.717, 1.165) is 31.6 Å². The molecule has 1 aromatic carbocycles. The van der Waals surface area contributed by atoms with Crippen LogP contribution in [0.4, 0.5) is 18.9 Å². The molecule has 0 aromatic heterocycles. The topological polar surface area (TPSA) is 58.6 Å².